The van der Waals surface area contributed by atoms with Crippen molar-refractivity contribution in [3.05, 3.63) is 29.8 Å². The normalized spacial score (nSPS) is 14.8. The van der Waals surface area contributed by atoms with E-state index in [4.69, 9.17) is 13.7 Å². The highest BCUT2D eigenvalue weighted by Gasteiger charge is 2.36. The third-order valence-corrected chi connectivity index (χ3v) is 5.59. The fraction of sp³-hybridized carbons (Fsp3) is 0.455. The lowest BCUT2D eigenvalue weighted by atomic mass is 9.93. The number of furan rings is 1. The van der Waals surface area contributed by atoms with Gasteiger partial charge in [-0.3, -0.25) is 0 Å². The quantitative estimate of drug-likeness (QED) is 0.528. The van der Waals surface area contributed by atoms with Crippen LogP contribution in [0.2, 0.25) is 0 Å². The molecule has 1 saturated heterocycles. The zero-order chi connectivity index (χ0) is 23.6. The highest BCUT2D eigenvalue weighted by Crippen LogP contribution is 2.29. The summed E-state index contributed by atoms with van der Waals surface area (Å²) in [5.41, 5.74) is -0.557. The molecule has 0 aromatic carbocycles. The van der Waals surface area contributed by atoms with Crippen LogP contribution in [0.3, 0.4) is 0 Å². The molecule has 0 spiro atoms. The molecule has 3 aromatic rings. The summed E-state index contributed by atoms with van der Waals surface area (Å²) in [6, 6.07) is 5.36. The minimum Gasteiger partial charge on any atom is -0.466 e. The van der Waals surface area contributed by atoms with Gasteiger partial charge in [0.1, 0.15) is 11.7 Å². The van der Waals surface area contributed by atoms with E-state index in [1.165, 1.54) is 27.2 Å². The third-order valence-electron chi connectivity index (χ3n) is 5.59. The minimum absolute atomic E-state index is 0.233. The zero-order valence-electron chi connectivity index (χ0n) is 18.5. The Morgan fingerprint density at radius 3 is 2.79 bits per heavy atom. The summed E-state index contributed by atoms with van der Waals surface area (Å²) in [5.74, 6) is 0.800. The minimum atomic E-state index is -1.34. The highest BCUT2D eigenvalue weighted by atomic mass is 16.6. The molecule has 11 heteroatoms. The molecule has 1 aliphatic heterocycles. The lowest BCUT2D eigenvalue weighted by Crippen LogP contribution is -2.45. The number of nitriles is 1. The van der Waals surface area contributed by atoms with Crippen LogP contribution in [0.4, 0.5) is 4.79 Å². The summed E-state index contributed by atoms with van der Waals surface area (Å²) in [6.45, 7) is 3.99. The van der Waals surface area contributed by atoms with Crippen molar-refractivity contribution in [2.75, 3.05) is 20.2 Å². The number of methoxy groups -OCH3 is 1. The summed E-state index contributed by atoms with van der Waals surface area (Å²) < 4.78 is 21.1. The second-order valence-electron chi connectivity index (χ2n) is 8.31. The molecule has 11 nitrogen and oxygen atoms in total. The van der Waals surface area contributed by atoms with Crippen LogP contribution in [0, 0.1) is 17.2 Å². The van der Waals surface area contributed by atoms with Crippen molar-refractivity contribution in [2.24, 2.45) is 5.92 Å². The van der Waals surface area contributed by atoms with E-state index in [0.717, 1.165) is 12.8 Å². The summed E-state index contributed by atoms with van der Waals surface area (Å²) in [4.78, 5) is 34.2. The Morgan fingerprint density at radius 2 is 2.09 bits per heavy atom. The molecule has 0 aliphatic carbocycles. The zero-order valence-corrected chi connectivity index (χ0v) is 18.5. The van der Waals surface area contributed by atoms with Crippen LogP contribution in [-0.2, 0) is 20.7 Å². The van der Waals surface area contributed by atoms with Gasteiger partial charge in [-0.15, -0.1) is 0 Å². The highest BCUT2D eigenvalue weighted by molar-refractivity contribution is 5.85. The predicted octanol–water partition coefficient (Wildman–Crippen LogP) is 3.09. The molecular formula is C22H23N5O6. The van der Waals surface area contributed by atoms with Crippen molar-refractivity contribution in [3.63, 3.8) is 0 Å². The molecule has 0 atom stereocenters. The number of carbonyl (C=O) groups excluding carboxylic acids is 2. The Balaban J connectivity index is 1.34. The van der Waals surface area contributed by atoms with Gasteiger partial charge in [0.2, 0.25) is 5.60 Å². The fourth-order valence-corrected chi connectivity index (χ4v) is 3.74. The number of nitrogens with zero attached hydrogens (tertiary/aromatic N) is 5. The number of likely N-dealkylation sites (tertiary alicyclic amines) is 1. The van der Waals surface area contributed by atoms with Crippen LogP contribution in [0.5, 0.6) is 0 Å². The lowest BCUT2D eigenvalue weighted by Gasteiger charge is -2.33. The van der Waals surface area contributed by atoms with Gasteiger partial charge >= 0.3 is 12.1 Å². The van der Waals surface area contributed by atoms with Crippen LogP contribution in [-0.4, -0.2) is 57.9 Å². The van der Waals surface area contributed by atoms with Gasteiger partial charge in [0, 0.05) is 31.8 Å². The van der Waals surface area contributed by atoms with E-state index in [1.54, 1.807) is 17.0 Å². The predicted molar refractivity (Wildman–Crippen MR) is 113 cm³/mol. The van der Waals surface area contributed by atoms with E-state index < -0.39 is 17.7 Å². The van der Waals surface area contributed by atoms with Crippen molar-refractivity contribution >= 4 is 23.0 Å². The number of aromatic nitrogens is 3. The molecule has 4 rings (SSSR count). The van der Waals surface area contributed by atoms with Crippen LogP contribution in [0.1, 0.15) is 38.2 Å². The van der Waals surface area contributed by atoms with Crippen molar-refractivity contribution in [1.82, 2.24) is 20.0 Å². The van der Waals surface area contributed by atoms with Gasteiger partial charge in [-0.2, -0.15) is 10.2 Å². The molecule has 0 radical (unpaired) electrons. The van der Waals surface area contributed by atoms with Crippen molar-refractivity contribution in [3.8, 4) is 17.7 Å². The average Bonchev–Trinajstić information content (AvgIpc) is 3.45. The van der Waals surface area contributed by atoms with E-state index in [9.17, 15) is 14.9 Å². The summed E-state index contributed by atoms with van der Waals surface area (Å²) in [6.07, 6.45) is 3.03. The molecule has 1 aliphatic rings. The monoisotopic (exact) mass is 453 g/mol. The number of esters is 1. The van der Waals surface area contributed by atoms with E-state index >= 15 is 0 Å². The van der Waals surface area contributed by atoms with Crippen LogP contribution >= 0.6 is 0 Å². The summed E-state index contributed by atoms with van der Waals surface area (Å²) in [7, 11) is 1.25. The van der Waals surface area contributed by atoms with Gasteiger partial charge in [0.25, 0.3) is 5.89 Å². The van der Waals surface area contributed by atoms with Crippen molar-refractivity contribution in [2.45, 2.75) is 38.7 Å². The van der Waals surface area contributed by atoms with Crippen LogP contribution in [0.25, 0.3) is 22.6 Å². The second kappa shape index (κ2) is 8.90. The molecule has 0 N–H and O–H groups in total. The number of ether oxygens (including phenoxy) is 2. The van der Waals surface area contributed by atoms with Gasteiger partial charge in [-0.05, 0) is 38.7 Å². The van der Waals surface area contributed by atoms with Crippen LogP contribution < -0.4 is 0 Å². The Hall–Kier alpha value is -3.94. The van der Waals surface area contributed by atoms with E-state index in [2.05, 4.69) is 19.9 Å². The van der Waals surface area contributed by atoms with Crippen molar-refractivity contribution < 1.29 is 28.0 Å². The average molecular weight is 453 g/mol. The Kier molecular flexibility index (Phi) is 6.00. The lowest BCUT2D eigenvalue weighted by molar-refractivity contribution is -0.159. The van der Waals surface area contributed by atoms with Gasteiger partial charge < -0.3 is 23.3 Å². The fourth-order valence-electron chi connectivity index (χ4n) is 3.74. The van der Waals surface area contributed by atoms with Gasteiger partial charge in [-0.1, -0.05) is 5.16 Å². The molecule has 0 saturated carbocycles. The molecule has 0 unspecified atom stereocenters. The number of piperidine rings is 1. The third kappa shape index (κ3) is 4.64. The number of hydrogen-bond donors (Lipinski definition) is 0. The number of amides is 1. The maximum Gasteiger partial charge on any atom is 0.410 e. The Labute approximate surface area is 189 Å². The second-order valence-corrected chi connectivity index (χ2v) is 8.31. The van der Waals surface area contributed by atoms with Crippen LogP contribution in [0.15, 0.2) is 27.3 Å². The molecule has 1 amide bonds. The largest absolute Gasteiger partial charge is 0.466 e. The van der Waals surface area contributed by atoms with E-state index in [0.29, 0.717) is 42.1 Å². The Morgan fingerprint density at radius 1 is 1.33 bits per heavy atom. The Bertz CT molecular complexity index is 1220. The van der Waals surface area contributed by atoms with E-state index in [1.807, 2.05) is 6.07 Å². The molecule has 33 heavy (non-hydrogen) atoms. The molecule has 3 aromatic heterocycles. The smallest absolute Gasteiger partial charge is 0.410 e. The first-order chi connectivity index (χ1) is 15.8. The first kappa shape index (κ1) is 22.3. The molecule has 172 valence electrons. The maximum absolute atomic E-state index is 12.4. The topological polar surface area (TPSA) is 145 Å². The number of fused-ring (bicyclic) bond motifs is 1. The SMILES string of the molecule is COC(=O)C(C)(C)OC(=O)N1CCC(Cc2noc(-c3cc4c(C#N)nccc4o3)n2)CC1. The molecular weight excluding hydrogens is 430 g/mol. The number of carbonyl (C=O) groups is 2. The number of hydrogen-bond acceptors (Lipinski definition) is 10. The first-order valence-corrected chi connectivity index (χ1v) is 10.5. The molecule has 1 fully saturated rings. The molecule has 0 bridgehead atoms. The standard InChI is InChI=1S/C22H23N5O6/c1-22(2,20(28)30-3)32-21(29)27-8-5-13(6-9-27)10-18-25-19(33-26-18)17-11-14-15(12-23)24-7-4-16(14)31-17/h4,7,11,13H,5-6,8-10H2,1-3H3. The first-order valence-electron chi connectivity index (χ1n) is 10.5. The summed E-state index contributed by atoms with van der Waals surface area (Å²) in [5, 5.41) is 13.8. The van der Waals surface area contributed by atoms with Crippen molar-refractivity contribution in [1.29, 1.82) is 5.26 Å². The van der Waals surface area contributed by atoms with Gasteiger partial charge in [-0.25, -0.2) is 14.6 Å². The van der Waals surface area contributed by atoms with Gasteiger partial charge in [0.15, 0.2) is 17.3 Å². The van der Waals surface area contributed by atoms with Gasteiger partial charge in [0.05, 0.1) is 12.5 Å². The summed E-state index contributed by atoms with van der Waals surface area (Å²) >= 11 is 0. The molecule has 4 heterocycles. The number of pyridine rings is 1. The maximum atomic E-state index is 12.4. The van der Waals surface area contributed by atoms with E-state index in [-0.39, 0.29) is 17.5 Å². The number of rotatable bonds is 5.